The fraction of sp³-hybridized carbons (Fsp3) is 0.300. The van der Waals surface area contributed by atoms with Crippen molar-refractivity contribution in [1.29, 1.82) is 0 Å². The third kappa shape index (κ3) is 4.69. The van der Waals surface area contributed by atoms with Gasteiger partial charge in [-0.2, -0.15) is 0 Å². The minimum atomic E-state index is -0.101. The Kier molecular flexibility index (Phi) is 5.74. The molecule has 0 unspecified atom stereocenters. The predicted octanol–water partition coefficient (Wildman–Crippen LogP) is 3.99. The number of aryl methyl sites for hydroxylation is 3. The van der Waals surface area contributed by atoms with Crippen LogP contribution in [0.1, 0.15) is 30.0 Å². The third-order valence-electron chi connectivity index (χ3n) is 4.05. The topological polar surface area (TPSA) is 49.4 Å². The second kappa shape index (κ2) is 7.77. The first-order valence-electron chi connectivity index (χ1n) is 8.08. The van der Waals surface area contributed by atoms with Crippen molar-refractivity contribution >= 4 is 23.2 Å². The van der Waals surface area contributed by atoms with Crippen molar-refractivity contribution < 1.29 is 9.59 Å². The lowest BCUT2D eigenvalue weighted by Crippen LogP contribution is -2.32. The molecule has 0 aliphatic carbocycles. The molecule has 0 atom stereocenters. The molecule has 2 amide bonds. The highest BCUT2D eigenvalue weighted by Gasteiger charge is 2.14. The summed E-state index contributed by atoms with van der Waals surface area (Å²) in [5.41, 5.74) is 5.00. The van der Waals surface area contributed by atoms with Crippen LogP contribution in [0, 0.1) is 20.8 Å². The summed E-state index contributed by atoms with van der Waals surface area (Å²) >= 11 is 0. The van der Waals surface area contributed by atoms with Gasteiger partial charge in [-0.3, -0.25) is 9.59 Å². The van der Waals surface area contributed by atoms with Gasteiger partial charge in [-0.05, 0) is 61.7 Å². The van der Waals surface area contributed by atoms with Crippen molar-refractivity contribution in [3.63, 3.8) is 0 Å². The Morgan fingerprint density at radius 3 is 2.38 bits per heavy atom. The van der Waals surface area contributed by atoms with E-state index in [1.165, 1.54) is 12.5 Å². The fourth-order valence-corrected chi connectivity index (χ4v) is 2.52. The fourth-order valence-electron chi connectivity index (χ4n) is 2.52. The maximum atomic E-state index is 12.2. The van der Waals surface area contributed by atoms with Crippen LogP contribution in [0.15, 0.2) is 42.5 Å². The molecule has 0 saturated heterocycles. The average Bonchev–Trinajstić information content (AvgIpc) is 2.50. The first kappa shape index (κ1) is 17.7. The molecule has 2 aromatic rings. The summed E-state index contributed by atoms with van der Waals surface area (Å²) in [5, 5.41) is 2.87. The second-order valence-electron chi connectivity index (χ2n) is 6.11. The van der Waals surface area contributed by atoms with E-state index in [0.717, 1.165) is 22.5 Å². The molecular weight excluding hydrogens is 300 g/mol. The van der Waals surface area contributed by atoms with Gasteiger partial charge in [0.2, 0.25) is 11.8 Å². The number of carbonyl (C=O) groups is 2. The van der Waals surface area contributed by atoms with Crippen LogP contribution in [0.5, 0.6) is 0 Å². The molecule has 4 nitrogen and oxygen atoms in total. The minimum Gasteiger partial charge on any atom is -0.326 e. The quantitative estimate of drug-likeness (QED) is 0.904. The van der Waals surface area contributed by atoms with Crippen molar-refractivity contribution in [3.05, 3.63) is 59.2 Å². The maximum absolute atomic E-state index is 12.2. The number of nitrogens with one attached hydrogen (secondary N) is 1. The molecule has 2 rings (SSSR count). The smallest absolute Gasteiger partial charge is 0.226 e. The Morgan fingerprint density at radius 1 is 1.00 bits per heavy atom. The van der Waals surface area contributed by atoms with E-state index in [-0.39, 0.29) is 18.2 Å². The van der Waals surface area contributed by atoms with Crippen molar-refractivity contribution in [2.45, 2.75) is 34.1 Å². The van der Waals surface area contributed by atoms with Crippen LogP contribution < -0.4 is 10.2 Å². The number of nitrogens with zero attached hydrogens (tertiary/aromatic N) is 1. The molecule has 0 radical (unpaired) electrons. The Bertz CT molecular complexity index is 753. The standard InChI is InChI=1S/C20H24N2O2/c1-14-6-5-7-18(12-14)21-20(24)10-11-22(17(4)23)19-9-8-15(2)16(3)13-19/h5-9,12-13H,10-11H2,1-4H3,(H,21,24). The largest absolute Gasteiger partial charge is 0.326 e. The molecule has 0 saturated carbocycles. The number of carbonyl (C=O) groups excluding carboxylic acids is 2. The zero-order valence-corrected chi connectivity index (χ0v) is 14.7. The van der Waals surface area contributed by atoms with Crippen LogP contribution in [0.3, 0.4) is 0 Å². The summed E-state index contributed by atoms with van der Waals surface area (Å²) in [6, 6.07) is 13.6. The molecule has 0 aliphatic rings. The van der Waals surface area contributed by atoms with Crippen molar-refractivity contribution in [2.75, 3.05) is 16.8 Å². The monoisotopic (exact) mass is 324 g/mol. The van der Waals surface area contributed by atoms with E-state index in [4.69, 9.17) is 0 Å². The van der Waals surface area contributed by atoms with Crippen LogP contribution in [-0.4, -0.2) is 18.4 Å². The van der Waals surface area contributed by atoms with Gasteiger partial charge in [0.15, 0.2) is 0 Å². The van der Waals surface area contributed by atoms with Crippen molar-refractivity contribution in [3.8, 4) is 0 Å². The van der Waals surface area contributed by atoms with Gasteiger partial charge < -0.3 is 10.2 Å². The molecule has 0 fully saturated rings. The van der Waals surface area contributed by atoms with Crippen LogP contribution in [-0.2, 0) is 9.59 Å². The van der Waals surface area contributed by atoms with Gasteiger partial charge in [0.1, 0.15) is 0 Å². The van der Waals surface area contributed by atoms with E-state index in [2.05, 4.69) is 5.32 Å². The SMILES string of the molecule is CC(=O)N(CCC(=O)Nc1cccc(C)c1)c1ccc(C)c(C)c1. The van der Waals surface area contributed by atoms with Gasteiger partial charge in [-0.25, -0.2) is 0 Å². The molecule has 0 spiro atoms. The Morgan fingerprint density at radius 2 is 1.75 bits per heavy atom. The number of hydrogen-bond acceptors (Lipinski definition) is 2. The van der Waals surface area contributed by atoms with Crippen molar-refractivity contribution in [2.24, 2.45) is 0 Å². The summed E-state index contributed by atoms with van der Waals surface area (Å²) in [5.74, 6) is -0.169. The van der Waals surface area contributed by atoms with Crippen LogP contribution in [0.2, 0.25) is 0 Å². The highest BCUT2D eigenvalue weighted by Crippen LogP contribution is 2.19. The summed E-state index contributed by atoms with van der Waals surface area (Å²) in [6.07, 6.45) is 0.250. The van der Waals surface area contributed by atoms with E-state index in [1.54, 1.807) is 4.90 Å². The first-order valence-corrected chi connectivity index (χ1v) is 8.08. The first-order chi connectivity index (χ1) is 11.4. The van der Waals surface area contributed by atoms with Crippen molar-refractivity contribution in [1.82, 2.24) is 0 Å². The van der Waals surface area contributed by atoms with E-state index < -0.39 is 0 Å². The molecule has 0 heterocycles. The maximum Gasteiger partial charge on any atom is 0.226 e. The number of rotatable bonds is 5. The predicted molar refractivity (Wildman–Crippen MR) is 98.4 cm³/mol. The highest BCUT2D eigenvalue weighted by molar-refractivity contribution is 5.94. The zero-order chi connectivity index (χ0) is 17.7. The van der Waals surface area contributed by atoms with Gasteiger partial charge in [0.25, 0.3) is 0 Å². The molecule has 0 aromatic heterocycles. The Hall–Kier alpha value is -2.62. The summed E-state index contributed by atoms with van der Waals surface area (Å²) in [6.45, 7) is 7.91. The summed E-state index contributed by atoms with van der Waals surface area (Å²) < 4.78 is 0. The van der Waals surface area contributed by atoms with Crippen LogP contribution in [0.25, 0.3) is 0 Å². The molecule has 126 valence electrons. The summed E-state index contributed by atoms with van der Waals surface area (Å²) in [4.78, 5) is 25.7. The molecule has 2 aromatic carbocycles. The number of benzene rings is 2. The molecule has 1 N–H and O–H groups in total. The molecule has 24 heavy (non-hydrogen) atoms. The van der Waals surface area contributed by atoms with Gasteiger partial charge >= 0.3 is 0 Å². The Labute approximate surface area is 143 Å². The zero-order valence-electron chi connectivity index (χ0n) is 14.7. The Balaban J connectivity index is 2.02. The minimum absolute atomic E-state index is 0.0680. The van der Waals surface area contributed by atoms with Gasteiger partial charge in [0.05, 0.1) is 0 Å². The molecule has 0 aliphatic heterocycles. The molecular formula is C20H24N2O2. The average molecular weight is 324 g/mol. The van der Waals surface area contributed by atoms with Gasteiger partial charge in [-0.15, -0.1) is 0 Å². The number of amides is 2. The van der Waals surface area contributed by atoms with Crippen LogP contribution in [0.4, 0.5) is 11.4 Å². The van der Waals surface area contributed by atoms with Gasteiger partial charge in [0, 0.05) is 31.3 Å². The lowest BCUT2D eigenvalue weighted by atomic mass is 10.1. The lowest BCUT2D eigenvalue weighted by molar-refractivity contribution is -0.117. The highest BCUT2D eigenvalue weighted by atomic mass is 16.2. The molecule has 0 bridgehead atoms. The van der Waals surface area contributed by atoms with Crippen LogP contribution >= 0.6 is 0 Å². The van der Waals surface area contributed by atoms with Gasteiger partial charge in [-0.1, -0.05) is 18.2 Å². The van der Waals surface area contributed by atoms with E-state index in [1.807, 2.05) is 63.2 Å². The van der Waals surface area contributed by atoms with E-state index in [9.17, 15) is 9.59 Å². The summed E-state index contributed by atoms with van der Waals surface area (Å²) in [7, 11) is 0. The third-order valence-corrected chi connectivity index (χ3v) is 4.05. The number of hydrogen-bond donors (Lipinski definition) is 1. The second-order valence-corrected chi connectivity index (χ2v) is 6.11. The normalized spacial score (nSPS) is 10.3. The number of anilines is 2. The lowest BCUT2D eigenvalue weighted by Gasteiger charge is -2.22. The molecule has 4 heteroatoms. The van der Waals surface area contributed by atoms with E-state index in [0.29, 0.717) is 6.54 Å². The van der Waals surface area contributed by atoms with E-state index >= 15 is 0 Å².